The third-order valence-corrected chi connectivity index (χ3v) is 6.55. The lowest BCUT2D eigenvalue weighted by molar-refractivity contribution is 0.0615. The molecule has 0 bridgehead atoms. The number of thiazole rings is 1. The largest absolute Gasteiger partial charge is 0.331 e. The Kier molecular flexibility index (Phi) is 5.74. The Labute approximate surface area is 174 Å². The molecule has 28 heavy (non-hydrogen) atoms. The summed E-state index contributed by atoms with van der Waals surface area (Å²) >= 11 is 7.69. The fraction of sp³-hybridized carbons (Fsp3) is 0.318. The van der Waals surface area contributed by atoms with Crippen molar-refractivity contribution in [2.75, 3.05) is 6.54 Å². The second kappa shape index (κ2) is 8.41. The first-order valence-electron chi connectivity index (χ1n) is 9.53. The van der Waals surface area contributed by atoms with Crippen molar-refractivity contribution >= 4 is 28.8 Å². The van der Waals surface area contributed by atoms with Crippen LogP contribution in [0, 0.1) is 6.92 Å². The number of likely N-dealkylation sites (tertiary alicyclic amines) is 1. The molecule has 1 aromatic carbocycles. The van der Waals surface area contributed by atoms with E-state index in [0.717, 1.165) is 58.2 Å². The summed E-state index contributed by atoms with van der Waals surface area (Å²) in [5.74, 6) is 0.0878. The minimum atomic E-state index is 0.0737. The number of aryl methyl sites for hydroxylation is 1. The number of hydrogen-bond acceptors (Lipinski definition) is 4. The number of aromatic nitrogens is 2. The van der Waals surface area contributed by atoms with E-state index in [1.165, 1.54) is 11.3 Å². The van der Waals surface area contributed by atoms with E-state index in [4.69, 9.17) is 11.6 Å². The van der Waals surface area contributed by atoms with Crippen LogP contribution in [0.3, 0.4) is 0 Å². The lowest BCUT2D eigenvalue weighted by atomic mass is 9.95. The molecule has 1 aliphatic heterocycles. The smallest absolute Gasteiger partial charge is 0.266 e. The number of halogens is 1. The van der Waals surface area contributed by atoms with Crippen molar-refractivity contribution in [1.82, 2.24) is 14.9 Å². The third-order valence-electron chi connectivity index (χ3n) is 5.27. The number of carbonyl (C=O) groups excluding carboxylic acids is 1. The summed E-state index contributed by atoms with van der Waals surface area (Å²) in [4.78, 5) is 24.7. The third kappa shape index (κ3) is 3.96. The molecule has 144 valence electrons. The summed E-state index contributed by atoms with van der Waals surface area (Å²) in [6.45, 7) is 2.68. The second-order valence-corrected chi connectivity index (χ2v) is 8.39. The minimum Gasteiger partial charge on any atom is -0.331 e. The van der Waals surface area contributed by atoms with Crippen molar-refractivity contribution in [3.8, 4) is 0 Å². The van der Waals surface area contributed by atoms with Crippen molar-refractivity contribution in [3.63, 3.8) is 0 Å². The first-order valence-corrected chi connectivity index (χ1v) is 10.8. The topological polar surface area (TPSA) is 46.1 Å². The molecule has 1 unspecified atom stereocenters. The summed E-state index contributed by atoms with van der Waals surface area (Å²) in [5, 5.41) is 0.761. The maximum atomic E-state index is 13.1. The lowest BCUT2D eigenvalue weighted by Crippen LogP contribution is -2.38. The van der Waals surface area contributed by atoms with Crippen LogP contribution in [0.5, 0.6) is 0 Å². The van der Waals surface area contributed by atoms with Gasteiger partial charge in [-0.1, -0.05) is 35.9 Å². The lowest BCUT2D eigenvalue weighted by Gasteiger charge is -2.35. The van der Waals surface area contributed by atoms with Crippen LogP contribution in [0.15, 0.2) is 48.1 Å². The molecule has 0 N–H and O–H groups in total. The zero-order valence-corrected chi connectivity index (χ0v) is 17.3. The van der Waals surface area contributed by atoms with Gasteiger partial charge in [0, 0.05) is 29.9 Å². The monoisotopic (exact) mass is 411 g/mol. The van der Waals surface area contributed by atoms with E-state index < -0.39 is 0 Å². The first-order chi connectivity index (χ1) is 13.6. The van der Waals surface area contributed by atoms with Crippen molar-refractivity contribution in [2.45, 2.75) is 38.6 Å². The van der Waals surface area contributed by atoms with E-state index in [-0.39, 0.29) is 11.9 Å². The van der Waals surface area contributed by atoms with Gasteiger partial charge in [0.1, 0.15) is 4.88 Å². The van der Waals surface area contributed by atoms with Gasteiger partial charge in [0.05, 0.1) is 17.2 Å². The minimum absolute atomic E-state index is 0.0737. The Bertz CT molecular complexity index is 970. The number of hydrogen-bond donors (Lipinski definition) is 0. The summed E-state index contributed by atoms with van der Waals surface area (Å²) in [6.07, 6.45) is 5.75. The number of pyridine rings is 1. The van der Waals surface area contributed by atoms with Crippen LogP contribution in [0.4, 0.5) is 0 Å². The highest BCUT2D eigenvalue weighted by atomic mass is 35.5. The molecule has 0 aliphatic carbocycles. The number of nitrogens with zero attached hydrogens (tertiary/aromatic N) is 3. The summed E-state index contributed by atoms with van der Waals surface area (Å²) < 4.78 is 0. The number of carbonyl (C=O) groups is 1. The molecule has 1 fully saturated rings. The molecule has 3 heterocycles. The molecule has 0 radical (unpaired) electrons. The van der Waals surface area contributed by atoms with E-state index in [0.29, 0.717) is 6.42 Å². The Morgan fingerprint density at radius 3 is 2.79 bits per heavy atom. The van der Waals surface area contributed by atoms with E-state index in [9.17, 15) is 4.79 Å². The number of piperidine rings is 1. The Morgan fingerprint density at radius 2 is 2.07 bits per heavy atom. The standard InChI is InChI=1S/C22H22ClN3OS/c1-15-21(28-14-25-15)22(27)26-11-5-4-8-20(26)17-9-10-18(24-13-17)12-16-6-2-3-7-19(16)23/h2-3,6-7,9-10,13-14,20H,4-5,8,11-12H2,1H3. The van der Waals surface area contributed by atoms with Crippen LogP contribution in [0.25, 0.3) is 0 Å². The molecule has 4 nitrogen and oxygen atoms in total. The average molecular weight is 412 g/mol. The first kappa shape index (κ1) is 19.1. The maximum absolute atomic E-state index is 13.1. The molecule has 6 heteroatoms. The van der Waals surface area contributed by atoms with Gasteiger partial charge in [-0.25, -0.2) is 4.98 Å². The number of rotatable bonds is 4. The van der Waals surface area contributed by atoms with E-state index >= 15 is 0 Å². The van der Waals surface area contributed by atoms with E-state index in [2.05, 4.69) is 16.0 Å². The molecule has 2 aromatic heterocycles. The molecule has 4 rings (SSSR count). The van der Waals surface area contributed by atoms with Crippen molar-refractivity contribution in [2.24, 2.45) is 0 Å². The van der Waals surface area contributed by atoms with Crippen LogP contribution in [-0.4, -0.2) is 27.3 Å². The van der Waals surface area contributed by atoms with Gasteiger partial charge < -0.3 is 4.90 Å². The quantitative estimate of drug-likeness (QED) is 0.572. The Balaban J connectivity index is 1.54. The maximum Gasteiger partial charge on any atom is 0.266 e. The molecule has 3 aromatic rings. The van der Waals surface area contributed by atoms with Gasteiger partial charge in [-0.2, -0.15) is 0 Å². The van der Waals surface area contributed by atoms with Crippen LogP contribution in [0.2, 0.25) is 5.02 Å². The summed E-state index contributed by atoms with van der Waals surface area (Å²) in [5.41, 5.74) is 5.70. The molecule has 1 saturated heterocycles. The highest BCUT2D eigenvalue weighted by Gasteiger charge is 2.30. The Morgan fingerprint density at radius 1 is 1.21 bits per heavy atom. The van der Waals surface area contributed by atoms with Gasteiger partial charge >= 0.3 is 0 Å². The normalized spacial score (nSPS) is 16.9. The SMILES string of the molecule is Cc1ncsc1C(=O)N1CCCCC1c1ccc(Cc2ccccc2Cl)nc1. The molecule has 1 amide bonds. The van der Waals surface area contributed by atoms with E-state index in [1.54, 1.807) is 5.51 Å². The van der Waals surface area contributed by atoms with Gasteiger partial charge in [-0.15, -0.1) is 11.3 Å². The molecule has 1 aliphatic rings. The zero-order chi connectivity index (χ0) is 19.5. The van der Waals surface area contributed by atoms with Crippen LogP contribution in [-0.2, 0) is 6.42 Å². The molecular weight excluding hydrogens is 390 g/mol. The average Bonchev–Trinajstić information content (AvgIpc) is 3.16. The van der Waals surface area contributed by atoms with Gasteiger partial charge in [0.25, 0.3) is 5.91 Å². The van der Waals surface area contributed by atoms with Gasteiger partial charge in [-0.05, 0) is 49.4 Å². The highest BCUT2D eigenvalue weighted by Crippen LogP contribution is 2.33. The molecular formula is C22H22ClN3OS. The fourth-order valence-corrected chi connectivity index (χ4v) is 4.69. The number of amides is 1. The van der Waals surface area contributed by atoms with Crippen LogP contribution < -0.4 is 0 Å². The van der Waals surface area contributed by atoms with E-state index in [1.807, 2.05) is 48.4 Å². The molecule has 1 atom stereocenters. The van der Waals surface area contributed by atoms with Crippen molar-refractivity contribution < 1.29 is 4.79 Å². The predicted molar refractivity (Wildman–Crippen MR) is 113 cm³/mol. The van der Waals surface area contributed by atoms with Crippen molar-refractivity contribution in [3.05, 3.63) is 80.5 Å². The second-order valence-electron chi connectivity index (χ2n) is 7.13. The van der Waals surface area contributed by atoms with Crippen LogP contribution in [0.1, 0.15) is 57.5 Å². The van der Waals surface area contributed by atoms with Crippen LogP contribution >= 0.6 is 22.9 Å². The fourth-order valence-electron chi connectivity index (χ4n) is 3.73. The summed E-state index contributed by atoms with van der Waals surface area (Å²) in [6, 6.07) is 12.1. The molecule has 0 saturated carbocycles. The molecule has 0 spiro atoms. The number of benzene rings is 1. The predicted octanol–water partition coefficient (Wildman–Crippen LogP) is 5.46. The summed E-state index contributed by atoms with van der Waals surface area (Å²) in [7, 11) is 0. The van der Waals surface area contributed by atoms with Gasteiger partial charge in [0.15, 0.2) is 0 Å². The highest BCUT2D eigenvalue weighted by molar-refractivity contribution is 7.11. The van der Waals surface area contributed by atoms with Crippen molar-refractivity contribution in [1.29, 1.82) is 0 Å². The Hall–Kier alpha value is -2.24. The van der Waals surface area contributed by atoms with Gasteiger partial charge in [-0.3, -0.25) is 9.78 Å². The zero-order valence-electron chi connectivity index (χ0n) is 15.8. The van der Waals surface area contributed by atoms with Gasteiger partial charge in [0.2, 0.25) is 0 Å².